The molecule has 0 aromatic heterocycles. The quantitative estimate of drug-likeness (QED) is 0.848. The Morgan fingerprint density at radius 2 is 1.83 bits per heavy atom. The molecule has 1 saturated carbocycles. The van der Waals surface area contributed by atoms with Gasteiger partial charge in [0.25, 0.3) is 0 Å². The van der Waals surface area contributed by atoms with E-state index < -0.39 is 0 Å². The van der Waals surface area contributed by atoms with Gasteiger partial charge < -0.3 is 10.6 Å². The third-order valence-electron chi connectivity index (χ3n) is 5.59. The molecular weight excluding hydrogens is 322 g/mol. The number of nitrogens with zero attached hydrogens (tertiary/aromatic N) is 2. The number of hydrogen-bond acceptors (Lipinski definition) is 3. The summed E-state index contributed by atoms with van der Waals surface area (Å²) in [4.78, 5) is 17.4. The zero-order chi connectivity index (χ0) is 16.2. The van der Waals surface area contributed by atoms with Crippen molar-refractivity contribution < 1.29 is 4.79 Å². The fourth-order valence-corrected chi connectivity index (χ4v) is 4.21. The smallest absolute Gasteiger partial charge is 0.227 e. The van der Waals surface area contributed by atoms with Crippen LogP contribution in [0.3, 0.4) is 0 Å². The number of rotatable bonds is 4. The van der Waals surface area contributed by atoms with Gasteiger partial charge in [0, 0.05) is 24.8 Å². The van der Waals surface area contributed by atoms with Gasteiger partial charge in [0.15, 0.2) is 0 Å². The van der Waals surface area contributed by atoms with Gasteiger partial charge in [-0.2, -0.15) is 0 Å². The number of amides is 1. The number of likely N-dealkylation sites (N-methyl/N-ethyl adjacent to an activating group) is 1. The number of nitrogen functional groups attached to an aromatic ring is 1. The van der Waals surface area contributed by atoms with Crippen LogP contribution in [0.5, 0.6) is 0 Å². The highest BCUT2D eigenvalue weighted by molar-refractivity contribution is 5.85. The molecule has 2 atom stereocenters. The van der Waals surface area contributed by atoms with E-state index in [1.165, 1.54) is 45.2 Å². The largest absolute Gasteiger partial charge is 0.398 e. The van der Waals surface area contributed by atoms with E-state index in [4.69, 9.17) is 5.73 Å². The molecule has 24 heavy (non-hydrogen) atoms. The Labute approximate surface area is 151 Å². The lowest BCUT2D eigenvalue weighted by molar-refractivity contribution is -0.133. The summed E-state index contributed by atoms with van der Waals surface area (Å²) in [7, 11) is 1.99. The Morgan fingerprint density at radius 1 is 1.17 bits per heavy atom. The van der Waals surface area contributed by atoms with Gasteiger partial charge in [-0.25, -0.2) is 0 Å². The van der Waals surface area contributed by atoms with Crippen molar-refractivity contribution in [2.75, 3.05) is 25.9 Å². The molecule has 0 bridgehead atoms. The normalized spacial score (nSPS) is 24.4. The van der Waals surface area contributed by atoms with Gasteiger partial charge in [-0.1, -0.05) is 31.0 Å². The molecule has 1 aliphatic carbocycles. The Balaban J connectivity index is 0.00000208. The predicted molar refractivity (Wildman–Crippen MR) is 101 cm³/mol. The van der Waals surface area contributed by atoms with Crippen molar-refractivity contribution in [3.63, 3.8) is 0 Å². The molecule has 1 heterocycles. The first-order valence-corrected chi connectivity index (χ1v) is 9.00. The summed E-state index contributed by atoms with van der Waals surface area (Å²) in [5.74, 6) is 0.194. The van der Waals surface area contributed by atoms with Crippen molar-refractivity contribution in [1.82, 2.24) is 9.80 Å². The number of para-hydroxylation sites is 1. The number of nitrogens with two attached hydrogens (primary N) is 1. The van der Waals surface area contributed by atoms with Crippen molar-refractivity contribution in [3.8, 4) is 0 Å². The highest BCUT2D eigenvalue weighted by Gasteiger charge is 2.35. The van der Waals surface area contributed by atoms with Crippen LogP contribution < -0.4 is 5.73 Å². The van der Waals surface area contributed by atoms with Crippen molar-refractivity contribution in [1.29, 1.82) is 0 Å². The van der Waals surface area contributed by atoms with Gasteiger partial charge in [0.05, 0.1) is 6.42 Å². The van der Waals surface area contributed by atoms with E-state index in [2.05, 4.69) is 4.90 Å². The van der Waals surface area contributed by atoms with E-state index >= 15 is 0 Å². The first-order chi connectivity index (χ1) is 11.2. The van der Waals surface area contributed by atoms with Crippen LogP contribution in [0.15, 0.2) is 24.3 Å². The minimum absolute atomic E-state index is 0. The first-order valence-electron chi connectivity index (χ1n) is 9.00. The molecule has 2 fully saturated rings. The van der Waals surface area contributed by atoms with Crippen LogP contribution in [0, 0.1) is 0 Å². The highest BCUT2D eigenvalue weighted by Crippen LogP contribution is 2.29. The third-order valence-corrected chi connectivity index (χ3v) is 5.59. The van der Waals surface area contributed by atoms with Crippen LogP contribution in [0.1, 0.15) is 44.1 Å². The van der Waals surface area contributed by atoms with Gasteiger partial charge in [-0.05, 0) is 50.4 Å². The molecule has 1 aromatic rings. The molecule has 1 aliphatic heterocycles. The molecule has 1 amide bonds. The Kier molecular flexibility index (Phi) is 6.93. The summed E-state index contributed by atoms with van der Waals surface area (Å²) < 4.78 is 0. The highest BCUT2D eigenvalue weighted by atomic mass is 35.5. The Bertz CT molecular complexity index is 545. The zero-order valence-electron chi connectivity index (χ0n) is 14.6. The topological polar surface area (TPSA) is 49.6 Å². The molecule has 2 N–H and O–H groups in total. The first kappa shape index (κ1) is 19.1. The fourth-order valence-electron chi connectivity index (χ4n) is 4.21. The fraction of sp³-hybridized carbons (Fsp3) is 0.632. The number of carbonyl (C=O) groups is 1. The van der Waals surface area contributed by atoms with Gasteiger partial charge in [-0.3, -0.25) is 9.69 Å². The number of likely N-dealkylation sites (tertiary alicyclic amines) is 1. The minimum atomic E-state index is 0. The van der Waals surface area contributed by atoms with E-state index in [0.717, 1.165) is 12.0 Å². The molecule has 2 aliphatic rings. The van der Waals surface area contributed by atoms with Crippen molar-refractivity contribution in [3.05, 3.63) is 29.8 Å². The van der Waals surface area contributed by atoms with Crippen LogP contribution in [0.25, 0.3) is 0 Å². The number of benzene rings is 1. The lowest BCUT2D eigenvalue weighted by Crippen LogP contribution is -2.53. The van der Waals surface area contributed by atoms with Gasteiger partial charge in [0.1, 0.15) is 0 Å². The molecule has 1 aromatic carbocycles. The van der Waals surface area contributed by atoms with E-state index in [1.807, 2.05) is 36.2 Å². The second-order valence-corrected chi connectivity index (χ2v) is 7.04. The zero-order valence-corrected chi connectivity index (χ0v) is 15.4. The molecule has 0 spiro atoms. The van der Waals surface area contributed by atoms with E-state index in [1.54, 1.807) is 0 Å². The van der Waals surface area contributed by atoms with Crippen molar-refractivity contribution >= 4 is 24.0 Å². The van der Waals surface area contributed by atoms with Crippen LogP contribution in [-0.2, 0) is 11.2 Å². The number of anilines is 1. The Morgan fingerprint density at radius 3 is 2.54 bits per heavy atom. The predicted octanol–water partition coefficient (Wildman–Crippen LogP) is 3.10. The molecule has 134 valence electrons. The molecule has 5 heteroatoms. The van der Waals surface area contributed by atoms with Crippen LogP contribution in [0.2, 0.25) is 0 Å². The monoisotopic (exact) mass is 351 g/mol. The lowest BCUT2D eigenvalue weighted by Gasteiger charge is -2.42. The van der Waals surface area contributed by atoms with Crippen molar-refractivity contribution in [2.45, 2.75) is 57.0 Å². The second-order valence-electron chi connectivity index (χ2n) is 7.04. The average molecular weight is 352 g/mol. The van der Waals surface area contributed by atoms with Crippen LogP contribution in [0.4, 0.5) is 5.69 Å². The maximum atomic E-state index is 12.8. The maximum Gasteiger partial charge on any atom is 0.227 e. The number of halogens is 1. The minimum Gasteiger partial charge on any atom is -0.398 e. The molecule has 4 nitrogen and oxygen atoms in total. The summed E-state index contributed by atoms with van der Waals surface area (Å²) >= 11 is 0. The van der Waals surface area contributed by atoms with Gasteiger partial charge >= 0.3 is 0 Å². The summed E-state index contributed by atoms with van der Waals surface area (Å²) in [6.45, 7) is 2.41. The van der Waals surface area contributed by atoms with E-state index in [9.17, 15) is 4.79 Å². The summed E-state index contributed by atoms with van der Waals surface area (Å²) in [5, 5.41) is 0. The van der Waals surface area contributed by atoms with Crippen LogP contribution >= 0.6 is 12.4 Å². The third kappa shape index (κ3) is 4.22. The van der Waals surface area contributed by atoms with E-state index in [-0.39, 0.29) is 18.3 Å². The average Bonchev–Trinajstić information content (AvgIpc) is 3.10. The van der Waals surface area contributed by atoms with Crippen molar-refractivity contribution in [2.24, 2.45) is 0 Å². The summed E-state index contributed by atoms with van der Waals surface area (Å²) in [6, 6.07) is 8.60. The summed E-state index contributed by atoms with van der Waals surface area (Å²) in [6.07, 6.45) is 7.92. The Hall–Kier alpha value is -1.26. The molecule has 0 radical (unpaired) electrons. The number of carbonyl (C=O) groups excluding carboxylic acids is 1. The van der Waals surface area contributed by atoms with E-state index in [0.29, 0.717) is 24.2 Å². The SMILES string of the molecule is CN(C(=O)Cc1ccccc1N)[C@@H]1CCCC[C@H]1N1CCCC1.Cl. The van der Waals surface area contributed by atoms with Gasteiger partial charge in [0.2, 0.25) is 5.91 Å². The number of hydrogen-bond donors (Lipinski definition) is 1. The summed E-state index contributed by atoms with van der Waals surface area (Å²) in [5.41, 5.74) is 7.65. The second kappa shape index (κ2) is 8.72. The van der Waals surface area contributed by atoms with Crippen LogP contribution in [-0.4, -0.2) is 47.9 Å². The standard InChI is InChI=1S/C19H29N3O.ClH/c1-21(19(23)14-15-8-2-3-9-16(15)20)17-10-4-5-11-18(17)22-12-6-7-13-22;/h2-3,8-9,17-18H,4-7,10-14,20H2,1H3;1H/t17-,18-;/m1./s1. The molecule has 1 saturated heterocycles. The molecule has 0 unspecified atom stereocenters. The molecule has 3 rings (SSSR count). The lowest BCUT2D eigenvalue weighted by atomic mass is 9.88. The van der Waals surface area contributed by atoms with Gasteiger partial charge in [-0.15, -0.1) is 12.4 Å². The molecular formula is C19H30ClN3O. The maximum absolute atomic E-state index is 12.8.